The van der Waals surface area contributed by atoms with Gasteiger partial charge in [-0.2, -0.15) is 5.26 Å². The Morgan fingerprint density at radius 1 is 1.36 bits per heavy atom. The van der Waals surface area contributed by atoms with Gasteiger partial charge in [-0.25, -0.2) is 0 Å². The number of benzene rings is 1. The topological polar surface area (TPSA) is 112 Å². The number of fused-ring (bicyclic) bond motifs is 1. The van der Waals surface area contributed by atoms with Gasteiger partial charge in [0.2, 0.25) is 0 Å². The average molecular weight is 411 g/mol. The third-order valence-electron chi connectivity index (χ3n) is 3.93. The van der Waals surface area contributed by atoms with Crippen molar-refractivity contribution in [3.05, 3.63) is 28.2 Å². The standard InChI is InChI=1S/C17H19BrN2O5/c1-3-23-16(21)11(8-19)13-10-7-9(18)5-6-12(10)25-15(20)14(13)17(22)24-4-2/h5-7,11,13-15H,3-4,20H2,1-2H3. The molecule has 4 atom stereocenters. The zero-order valence-electron chi connectivity index (χ0n) is 13.9. The van der Waals surface area contributed by atoms with E-state index in [4.69, 9.17) is 19.9 Å². The molecule has 1 heterocycles. The Balaban J connectivity index is 2.57. The molecule has 134 valence electrons. The molecule has 0 amide bonds. The first-order valence-electron chi connectivity index (χ1n) is 7.89. The summed E-state index contributed by atoms with van der Waals surface area (Å²) in [5.74, 6) is -3.95. The van der Waals surface area contributed by atoms with E-state index in [-0.39, 0.29) is 13.2 Å². The molecule has 1 aromatic rings. The number of hydrogen-bond acceptors (Lipinski definition) is 7. The van der Waals surface area contributed by atoms with Crippen LogP contribution in [0.4, 0.5) is 0 Å². The highest BCUT2D eigenvalue weighted by molar-refractivity contribution is 9.10. The predicted octanol–water partition coefficient (Wildman–Crippen LogP) is 2.09. The van der Waals surface area contributed by atoms with Gasteiger partial charge in [0.05, 0.1) is 19.3 Å². The molecule has 0 bridgehead atoms. The van der Waals surface area contributed by atoms with Gasteiger partial charge in [0.15, 0.2) is 12.1 Å². The van der Waals surface area contributed by atoms with Crippen molar-refractivity contribution in [2.75, 3.05) is 13.2 Å². The summed E-state index contributed by atoms with van der Waals surface area (Å²) in [6.07, 6.45) is -1.04. The van der Waals surface area contributed by atoms with Crippen LogP contribution in [0.3, 0.4) is 0 Å². The molecule has 1 aliphatic rings. The van der Waals surface area contributed by atoms with E-state index in [0.29, 0.717) is 11.3 Å². The van der Waals surface area contributed by atoms with Crippen LogP contribution < -0.4 is 10.5 Å². The van der Waals surface area contributed by atoms with Crippen LogP contribution in [0.15, 0.2) is 22.7 Å². The van der Waals surface area contributed by atoms with Crippen LogP contribution in [-0.4, -0.2) is 31.4 Å². The maximum Gasteiger partial charge on any atom is 0.323 e. The first-order valence-corrected chi connectivity index (χ1v) is 8.68. The highest BCUT2D eigenvalue weighted by Gasteiger charge is 2.49. The van der Waals surface area contributed by atoms with E-state index in [1.807, 2.05) is 6.07 Å². The van der Waals surface area contributed by atoms with Gasteiger partial charge in [-0.3, -0.25) is 15.3 Å². The van der Waals surface area contributed by atoms with Crippen molar-refractivity contribution in [2.45, 2.75) is 26.0 Å². The maximum atomic E-state index is 12.5. The normalized spacial score (nSPS) is 22.8. The summed E-state index contributed by atoms with van der Waals surface area (Å²) in [7, 11) is 0. The van der Waals surface area contributed by atoms with Crippen LogP contribution in [0.5, 0.6) is 5.75 Å². The number of nitrogens with two attached hydrogens (primary N) is 1. The molecule has 1 aromatic carbocycles. The molecule has 0 radical (unpaired) electrons. The van der Waals surface area contributed by atoms with Gasteiger partial charge in [0, 0.05) is 16.0 Å². The second-order valence-electron chi connectivity index (χ2n) is 5.43. The Morgan fingerprint density at radius 2 is 2.04 bits per heavy atom. The molecule has 0 spiro atoms. The Hall–Kier alpha value is -2.11. The van der Waals surface area contributed by atoms with E-state index in [0.717, 1.165) is 4.47 Å². The summed E-state index contributed by atoms with van der Waals surface area (Å²) in [5.41, 5.74) is 6.56. The van der Waals surface area contributed by atoms with Crippen molar-refractivity contribution in [3.8, 4) is 11.8 Å². The van der Waals surface area contributed by atoms with Crippen LogP contribution in [0.1, 0.15) is 25.3 Å². The number of hydrogen-bond donors (Lipinski definition) is 1. The Labute approximate surface area is 154 Å². The highest BCUT2D eigenvalue weighted by Crippen LogP contribution is 2.45. The lowest BCUT2D eigenvalue weighted by Gasteiger charge is -2.37. The molecule has 7 nitrogen and oxygen atoms in total. The first-order chi connectivity index (χ1) is 11.9. The van der Waals surface area contributed by atoms with Gasteiger partial charge in [-0.15, -0.1) is 0 Å². The minimum atomic E-state index is -1.21. The van der Waals surface area contributed by atoms with Gasteiger partial charge in [0.1, 0.15) is 11.7 Å². The van der Waals surface area contributed by atoms with Crippen LogP contribution in [-0.2, 0) is 19.1 Å². The van der Waals surface area contributed by atoms with Crippen LogP contribution >= 0.6 is 15.9 Å². The number of rotatable bonds is 5. The van der Waals surface area contributed by atoms with Gasteiger partial charge in [0.25, 0.3) is 0 Å². The highest BCUT2D eigenvalue weighted by atomic mass is 79.9. The van der Waals surface area contributed by atoms with Crippen LogP contribution in [0.2, 0.25) is 0 Å². The third kappa shape index (κ3) is 3.94. The summed E-state index contributed by atoms with van der Waals surface area (Å²) < 4.78 is 16.4. The molecule has 2 N–H and O–H groups in total. The SMILES string of the molecule is CCOC(=O)C(C#N)C1c2cc(Br)ccc2OC(N)C1C(=O)OCC. The minimum absolute atomic E-state index is 0.127. The number of halogens is 1. The van der Waals surface area contributed by atoms with Crippen molar-refractivity contribution < 1.29 is 23.8 Å². The smallest absolute Gasteiger partial charge is 0.323 e. The second-order valence-corrected chi connectivity index (χ2v) is 6.34. The average Bonchev–Trinajstić information content (AvgIpc) is 2.56. The lowest BCUT2D eigenvalue weighted by atomic mass is 9.74. The molecular formula is C17H19BrN2O5. The third-order valence-corrected chi connectivity index (χ3v) is 4.43. The number of carbonyl (C=O) groups excluding carboxylic acids is 2. The Bertz CT molecular complexity index is 703. The molecule has 0 aromatic heterocycles. The summed E-state index contributed by atoms with van der Waals surface area (Å²) in [6.45, 7) is 3.59. The van der Waals surface area contributed by atoms with E-state index in [1.54, 1.807) is 32.0 Å². The number of nitriles is 1. The van der Waals surface area contributed by atoms with Crippen molar-refractivity contribution in [1.82, 2.24) is 0 Å². The molecule has 0 aliphatic carbocycles. The minimum Gasteiger partial charge on any atom is -0.474 e. The summed E-state index contributed by atoms with van der Waals surface area (Å²) >= 11 is 3.36. The molecule has 0 saturated heterocycles. The van der Waals surface area contributed by atoms with Crippen molar-refractivity contribution >= 4 is 27.9 Å². The molecule has 2 rings (SSSR count). The van der Waals surface area contributed by atoms with E-state index in [2.05, 4.69) is 15.9 Å². The lowest BCUT2D eigenvalue weighted by molar-refractivity contribution is -0.156. The van der Waals surface area contributed by atoms with E-state index < -0.39 is 35.9 Å². The van der Waals surface area contributed by atoms with Crippen molar-refractivity contribution in [2.24, 2.45) is 17.6 Å². The summed E-state index contributed by atoms with van der Waals surface area (Å²) in [5, 5.41) is 9.59. The molecule has 25 heavy (non-hydrogen) atoms. The summed E-state index contributed by atoms with van der Waals surface area (Å²) in [6, 6.07) is 7.09. The zero-order chi connectivity index (χ0) is 18.6. The van der Waals surface area contributed by atoms with E-state index >= 15 is 0 Å². The quantitative estimate of drug-likeness (QED) is 0.739. The molecule has 0 fully saturated rings. The molecular weight excluding hydrogens is 392 g/mol. The number of esters is 2. The maximum absolute atomic E-state index is 12.5. The van der Waals surface area contributed by atoms with E-state index in [9.17, 15) is 14.9 Å². The Morgan fingerprint density at radius 3 is 2.64 bits per heavy atom. The van der Waals surface area contributed by atoms with Crippen molar-refractivity contribution in [1.29, 1.82) is 5.26 Å². The van der Waals surface area contributed by atoms with Crippen LogP contribution in [0, 0.1) is 23.2 Å². The van der Waals surface area contributed by atoms with Crippen LogP contribution in [0.25, 0.3) is 0 Å². The fourth-order valence-electron chi connectivity index (χ4n) is 2.92. The number of nitrogens with zero attached hydrogens (tertiary/aromatic N) is 1. The van der Waals surface area contributed by atoms with Gasteiger partial charge < -0.3 is 14.2 Å². The largest absolute Gasteiger partial charge is 0.474 e. The van der Waals surface area contributed by atoms with E-state index in [1.165, 1.54) is 0 Å². The monoisotopic (exact) mass is 410 g/mol. The van der Waals surface area contributed by atoms with Gasteiger partial charge in [-0.05, 0) is 32.0 Å². The lowest BCUT2D eigenvalue weighted by Crippen LogP contribution is -2.50. The molecule has 8 heteroatoms. The molecule has 0 saturated carbocycles. The first kappa shape index (κ1) is 19.2. The number of carbonyl (C=O) groups is 2. The van der Waals surface area contributed by atoms with Crippen molar-refractivity contribution in [3.63, 3.8) is 0 Å². The number of ether oxygens (including phenoxy) is 3. The zero-order valence-corrected chi connectivity index (χ0v) is 15.5. The van der Waals surface area contributed by atoms with Gasteiger partial charge in [-0.1, -0.05) is 15.9 Å². The summed E-state index contributed by atoms with van der Waals surface area (Å²) in [4.78, 5) is 24.8. The molecule has 4 unspecified atom stereocenters. The molecule has 1 aliphatic heterocycles. The second kappa shape index (κ2) is 8.32. The fourth-order valence-corrected chi connectivity index (χ4v) is 3.30. The fraction of sp³-hybridized carbons (Fsp3) is 0.471. The van der Waals surface area contributed by atoms with Gasteiger partial charge >= 0.3 is 11.9 Å². The predicted molar refractivity (Wildman–Crippen MR) is 91.3 cm³/mol. The Kier molecular flexibility index (Phi) is 6.39.